The molecule has 0 aliphatic carbocycles. The smallest absolute Gasteiger partial charge is 0.228 e. The molecule has 0 fully saturated rings. The number of hydrogen-bond donors (Lipinski definition) is 1. The minimum Gasteiger partial charge on any atom is -0.461 e. The molecule has 0 aromatic heterocycles. The van der Waals surface area contributed by atoms with Gasteiger partial charge in [-0.15, -0.1) is 0 Å². The monoisotopic (exact) mass is 159 g/mol. The van der Waals surface area contributed by atoms with Crippen molar-refractivity contribution in [1.29, 1.82) is 0 Å². The molecule has 0 aliphatic rings. The summed E-state index contributed by atoms with van der Waals surface area (Å²) in [6.07, 6.45) is 0. The predicted molar refractivity (Wildman–Crippen MR) is 37.4 cm³/mol. The standard InChI is InChI=1S/C7H7F2NO/c8-4-11-7-3-5(9)1-2-6(7)10/h1-3H,4,10H2. The summed E-state index contributed by atoms with van der Waals surface area (Å²) >= 11 is 0. The van der Waals surface area contributed by atoms with E-state index in [0.717, 1.165) is 6.07 Å². The van der Waals surface area contributed by atoms with E-state index < -0.39 is 12.7 Å². The molecule has 2 N–H and O–H groups in total. The topological polar surface area (TPSA) is 35.2 Å². The van der Waals surface area contributed by atoms with E-state index in [1.54, 1.807) is 0 Å². The first kappa shape index (κ1) is 7.78. The number of ether oxygens (including phenoxy) is 1. The van der Waals surface area contributed by atoms with Crippen LogP contribution in [-0.4, -0.2) is 6.86 Å². The maximum absolute atomic E-state index is 12.4. The summed E-state index contributed by atoms with van der Waals surface area (Å²) in [4.78, 5) is 0. The third-order valence-corrected chi connectivity index (χ3v) is 1.19. The van der Waals surface area contributed by atoms with Crippen LogP contribution < -0.4 is 10.5 Å². The normalized spacial score (nSPS) is 9.64. The van der Waals surface area contributed by atoms with Crippen molar-refractivity contribution in [3.05, 3.63) is 24.0 Å². The molecule has 0 bridgehead atoms. The zero-order valence-corrected chi connectivity index (χ0v) is 5.68. The second-order valence-electron chi connectivity index (χ2n) is 1.94. The van der Waals surface area contributed by atoms with Crippen LogP contribution >= 0.6 is 0 Å². The van der Waals surface area contributed by atoms with Crippen molar-refractivity contribution >= 4 is 5.69 Å². The molecule has 0 amide bonds. The molecule has 11 heavy (non-hydrogen) atoms. The number of rotatable bonds is 2. The lowest BCUT2D eigenvalue weighted by Gasteiger charge is -2.03. The SMILES string of the molecule is Nc1ccc(F)cc1OCF. The second kappa shape index (κ2) is 3.18. The molecule has 0 heterocycles. The van der Waals surface area contributed by atoms with Gasteiger partial charge in [-0.2, -0.15) is 0 Å². The lowest BCUT2D eigenvalue weighted by Crippen LogP contribution is -1.96. The second-order valence-corrected chi connectivity index (χ2v) is 1.94. The van der Waals surface area contributed by atoms with Crippen LogP contribution in [0.5, 0.6) is 5.75 Å². The Balaban J connectivity index is 2.93. The summed E-state index contributed by atoms with van der Waals surface area (Å²) < 4.78 is 28.4. The third kappa shape index (κ3) is 1.80. The zero-order valence-electron chi connectivity index (χ0n) is 5.68. The van der Waals surface area contributed by atoms with Gasteiger partial charge in [-0.3, -0.25) is 0 Å². The molecule has 0 saturated heterocycles. The number of anilines is 1. The van der Waals surface area contributed by atoms with E-state index in [1.165, 1.54) is 12.1 Å². The molecule has 2 nitrogen and oxygen atoms in total. The van der Waals surface area contributed by atoms with Crippen LogP contribution in [0.2, 0.25) is 0 Å². The van der Waals surface area contributed by atoms with Gasteiger partial charge in [0.25, 0.3) is 0 Å². The van der Waals surface area contributed by atoms with Gasteiger partial charge >= 0.3 is 0 Å². The molecule has 1 aromatic carbocycles. The number of halogens is 2. The number of hydrogen-bond acceptors (Lipinski definition) is 2. The quantitative estimate of drug-likeness (QED) is 0.666. The first-order valence-electron chi connectivity index (χ1n) is 2.98. The molecule has 1 aromatic rings. The van der Waals surface area contributed by atoms with Gasteiger partial charge in [0.1, 0.15) is 11.6 Å². The van der Waals surface area contributed by atoms with Gasteiger partial charge in [0.05, 0.1) is 5.69 Å². The Morgan fingerprint density at radius 1 is 1.45 bits per heavy atom. The number of benzene rings is 1. The van der Waals surface area contributed by atoms with Gasteiger partial charge in [-0.05, 0) is 12.1 Å². The average molecular weight is 159 g/mol. The average Bonchev–Trinajstić information content (AvgIpc) is 1.98. The minimum absolute atomic E-state index is 0.0347. The maximum Gasteiger partial charge on any atom is 0.228 e. The fraction of sp³-hybridized carbons (Fsp3) is 0.143. The fourth-order valence-electron chi connectivity index (χ4n) is 0.692. The van der Waals surface area contributed by atoms with Crippen molar-refractivity contribution in [3.63, 3.8) is 0 Å². The number of nitrogen functional groups attached to an aromatic ring is 1. The van der Waals surface area contributed by atoms with Gasteiger partial charge in [0, 0.05) is 6.07 Å². The Labute approximate surface area is 62.6 Å². The summed E-state index contributed by atoms with van der Waals surface area (Å²) in [5.74, 6) is -0.463. The molecular weight excluding hydrogens is 152 g/mol. The van der Waals surface area contributed by atoms with Gasteiger partial charge in [0.2, 0.25) is 6.86 Å². The van der Waals surface area contributed by atoms with Crippen LogP contribution in [0, 0.1) is 5.82 Å². The first-order valence-corrected chi connectivity index (χ1v) is 2.98. The van der Waals surface area contributed by atoms with Gasteiger partial charge in [-0.25, -0.2) is 8.78 Å². The maximum atomic E-state index is 12.4. The fourth-order valence-corrected chi connectivity index (χ4v) is 0.692. The van der Waals surface area contributed by atoms with Crippen molar-refractivity contribution in [2.45, 2.75) is 0 Å². The van der Waals surface area contributed by atoms with Crippen LogP contribution in [0.15, 0.2) is 18.2 Å². The third-order valence-electron chi connectivity index (χ3n) is 1.19. The van der Waals surface area contributed by atoms with E-state index in [4.69, 9.17) is 5.73 Å². The van der Waals surface area contributed by atoms with Crippen molar-refractivity contribution in [3.8, 4) is 5.75 Å². The summed E-state index contributed by atoms with van der Waals surface area (Å²) in [7, 11) is 0. The van der Waals surface area contributed by atoms with E-state index in [-0.39, 0.29) is 11.4 Å². The Morgan fingerprint density at radius 3 is 2.82 bits per heavy atom. The van der Waals surface area contributed by atoms with E-state index in [1.807, 2.05) is 0 Å². The van der Waals surface area contributed by atoms with Gasteiger partial charge < -0.3 is 10.5 Å². The molecule has 1 rings (SSSR count). The van der Waals surface area contributed by atoms with Gasteiger partial charge in [0.15, 0.2) is 0 Å². The molecule has 0 unspecified atom stereocenters. The summed E-state index contributed by atoms with van der Waals surface area (Å²) in [6, 6.07) is 3.54. The van der Waals surface area contributed by atoms with Crippen LogP contribution in [0.3, 0.4) is 0 Å². The van der Waals surface area contributed by atoms with E-state index in [2.05, 4.69) is 4.74 Å². The van der Waals surface area contributed by atoms with E-state index in [9.17, 15) is 8.78 Å². The molecular formula is C7H7F2NO. The van der Waals surface area contributed by atoms with Crippen molar-refractivity contribution < 1.29 is 13.5 Å². The zero-order chi connectivity index (χ0) is 8.27. The molecule has 60 valence electrons. The molecule has 0 saturated carbocycles. The Bertz CT molecular complexity index is 252. The van der Waals surface area contributed by atoms with Crippen LogP contribution in [0.1, 0.15) is 0 Å². The predicted octanol–water partition coefficient (Wildman–Crippen LogP) is 1.71. The largest absolute Gasteiger partial charge is 0.461 e. The highest BCUT2D eigenvalue weighted by atomic mass is 19.1. The molecule has 0 atom stereocenters. The lowest BCUT2D eigenvalue weighted by molar-refractivity contribution is 0.192. The number of alkyl halides is 1. The van der Waals surface area contributed by atoms with Gasteiger partial charge in [-0.1, -0.05) is 0 Å². The highest BCUT2D eigenvalue weighted by Gasteiger charge is 2.00. The Hall–Kier alpha value is -1.32. The van der Waals surface area contributed by atoms with Crippen LogP contribution in [-0.2, 0) is 0 Å². The van der Waals surface area contributed by atoms with E-state index >= 15 is 0 Å². The van der Waals surface area contributed by atoms with Crippen molar-refractivity contribution in [2.24, 2.45) is 0 Å². The Morgan fingerprint density at radius 2 is 2.18 bits per heavy atom. The number of nitrogens with two attached hydrogens (primary N) is 1. The minimum atomic E-state index is -1.01. The molecule has 4 heteroatoms. The summed E-state index contributed by atoms with van der Waals surface area (Å²) in [6.45, 7) is -1.01. The van der Waals surface area contributed by atoms with Crippen molar-refractivity contribution in [2.75, 3.05) is 12.6 Å². The first-order chi connectivity index (χ1) is 5.24. The van der Waals surface area contributed by atoms with Crippen LogP contribution in [0.25, 0.3) is 0 Å². The molecule has 0 spiro atoms. The highest BCUT2D eigenvalue weighted by molar-refractivity contribution is 5.52. The van der Waals surface area contributed by atoms with E-state index in [0.29, 0.717) is 0 Å². The van der Waals surface area contributed by atoms with Crippen molar-refractivity contribution in [1.82, 2.24) is 0 Å². The lowest BCUT2D eigenvalue weighted by atomic mass is 10.3. The Kier molecular flexibility index (Phi) is 2.25. The summed E-state index contributed by atoms with van der Waals surface area (Å²) in [5, 5.41) is 0. The van der Waals surface area contributed by atoms with Crippen LogP contribution in [0.4, 0.5) is 14.5 Å². The molecule has 0 radical (unpaired) electrons. The molecule has 0 aliphatic heterocycles. The summed E-state index contributed by atoms with van der Waals surface area (Å²) in [5.41, 5.74) is 5.54. The highest BCUT2D eigenvalue weighted by Crippen LogP contribution is 2.21.